The van der Waals surface area contributed by atoms with Gasteiger partial charge >= 0.3 is 6.09 Å². The number of carbonyl (C=O) groups excluding carboxylic acids is 1. The van der Waals surface area contributed by atoms with Gasteiger partial charge in [0.1, 0.15) is 5.60 Å². The summed E-state index contributed by atoms with van der Waals surface area (Å²) in [6.07, 6.45) is 3.20. The van der Waals surface area contributed by atoms with Crippen molar-refractivity contribution in [2.75, 3.05) is 19.6 Å². The SMILES string of the molecule is CC(C)(C)OC(=O)N(CCNCCn1ccnn1)C(C)(C)C. The summed E-state index contributed by atoms with van der Waals surface area (Å²) >= 11 is 0. The van der Waals surface area contributed by atoms with E-state index in [9.17, 15) is 4.79 Å². The van der Waals surface area contributed by atoms with Crippen LogP contribution in [0.3, 0.4) is 0 Å². The Morgan fingerprint density at radius 1 is 1.23 bits per heavy atom. The Morgan fingerprint density at radius 3 is 2.41 bits per heavy atom. The Kier molecular flexibility index (Phi) is 6.34. The number of nitrogens with one attached hydrogen (secondary N) is 1. The van der Waals surface area contributed by atoms with Crippen LogP contribution in [-0.4, -0.2) is 56.8 Å². The fourth-order valence-corrected chi connectivity index (χ4v) is 1.88. The summed E-state index contributed by atoms with van der Waals surface area (Å²) in [5, 5.41) is 11.0. The van der Waals surface area contributed by atoms with Gasteiger partial charge in [0.2, 0.25) is 0 Å². The smallest absolute Gasteiger partial charge is 0.410 e. The van der Waals surface area contributed by atoms with Gasteiger partial charge in [0.15, 0.2) is 0 Å². The molecule has 0 aliphatic carbocycles. The lowest BCUT2D eigenvalue weighted by Crippen LogP contribution is -2.50. The molecule has 0 radical (unpaired) electrons. The molecule has 1 aromatic heterocycles. The van der Waals surface area contributed by atoms with Crippen molar-refractivity contribution in [3.63, 3.8) is 0 Å². The molecule has 126 valence electrons. The molecular weight excluding hydrogens is 282 g/mol. The third kappa shape index (κ3) is 6.89. The van der Waals surface area contributed by atoms with E-state index in [1.165, 1.54) is 0 Å². The number of hydrogen-bond donors (Lipinski definition) is 1. The molecule has 0 saturated heterocycles. The molecule has 1 amide bonds. The molecule has 0 aliphatic heterocycles. The van der Waals surface area contributed by atoms with Gasteiger partial charge in [0, 0.05) is 31.4 Å². The molecule has 1 rings (SSSR count). The van der Waals surface area contributed by atoms with E-state index in [-0.39, 0.29) is 11.6 Å². The van der Waals surface area contributed by atoms with Gasteiger partial charge in [-0.05, 0) is 41.5 Å². The predicted molar refractivity (Wildman–Crippen MR) is 85.6 cm³/mol. The molecule has 7 heteroatoms. The van der Waals surface area contributed by atoms with Crippen LogP contribution in [0.2, 0.25) is 0 Å². The van der Waals surface area contributed by atoms with Crippen LogP contribution < -0.4 is 5.32 Å². The summed E-state index contributed by atoms with van der Waals surface area (Å²) in [5.41, 5.74) is -0.767. The first-order valence-electron chi connectivity index (χ1n) is 7.65. The number of aromatic nitrogens is 3. The second kappa shape index (κ2) is 7.58. The molecule has 22 heavy (non-hydrogen) atoms. The highest BCUT2D eigenvalue weighted by Gasteiger charge is 2.30. The van der Waals surface area contributed by atoms with Crippen LogP contribution in [0.15, 0.2) is 12.4 Å². The van der Waals surface area contributed by atoms with Gasteiger partial charge in [-0.25, -0.2) is 4.79 Å². The second-order valence-corrected chi connectivity index (χ2v) is 7.22. The van der Waals surface area contributed by atoms with Gasteiger partial charge in [-0.15, -0.1) is 5.10 Å². The Balaban J connectivity index is 2.40. The first-order chi connectivity index (χ1) is 10.1. The minimum atomic E-state index is -0.485. The highest BCUT2D eigenvalue weighted by molar-refractivity contribution is 5.69. The van der Waals surface area contributed by atoms with Gasteiger partial charge < -0.3 is 15.0 Å². The number of rotatable bonds is 6. The number of amides is 1. The molecule has 0 spiro atoms. The standard InChI is InChI=1S/C15H29N5O2/c1-14(2,3)20(13(21)22-15(4,5)6)12-8-16-7-10-19-11-9-17-18-19/h9,11,16H,7-8,10,12H2,1-6H3. The van der Waals surface area contributed by atoms with E-state index in [4.69, 9.17) is 4.74 Å². The average molecular weight is 311 g/mol. The van der Waals surface area contributed by atoms with Gasteiger partial charge in [0.25, 0.3) is 0 Å². The first-order valence-corrected chi connectivity index (χ1v) is 7.65. The maximum atomic E-state index is 12.3. The van der Waals surface area contributed by atoms with Crippen molar-refractivity contribution >= 4 is 6.09 Å². The maximum Gasteiger partial charge on any atom is 0.410 e. The summed E-state index contributed by atoms with van der Waals surface area (Å²) < 4.78 is 7.25. The lowest BCUT2D eigenvalue weighted by molar-refractivity contribution is 0.00664. The molecular formula is C15H29N5O2. The van der Waals surface area contributed by atoms with E-state index < -0.39 is 5.60 Å². The highest BCUT2D eigenvalue weighted by Crippen LogP contribution is 2.17. The van der Waals surface area contributed by atoms with Crippen LogP contribution >= 0.6 is 0 Å². The first kappa shape index (κ1) is 18.4. The largest absolute Gasteiger partial charge is 0.444 e. The number of ether oxygens (including phenoxy) is 1. The van der Waals surface area contributed by atoms with Crippen molar-refractivity contribution in [3.8, 4) is 0 Å². The van der Waals surface area contributed by atoms with Crippen LogP contribution in [-0.2, 0) is 11.3 Å². The maximum absolute atomic E-state index is 12.3. The third-order valence-electron chi connectivity index (χ3n) is 2.93. The van der Waals surface area contributed by atoms with Crippen LogP contribution in [0.1, 0.15) is 41.5 Å². The van der Waals surface area contributed by atoms with Gasteiger partial charge in [-0.1, -0.05) is 5.21 Å². The molecule has 0 atom stereocenters. The summed E-state index contributed by atoms with van der Waals surface area (Å²) in [4.78, 5) is 14.1. The monoisotopic (exact) mass is 311 g/mol. The normalized spacial score (nSPS) is 12.3. The lowest BCUT2D eigenvalue weighted by atomic mass is 10.1. The van der Waals surface area contributed by atoms with Crippen LogP contribution in [0, 0.1) is 0 Å². The van der Waals surface area contributed by atoms with Gasteiger partial charge in [0.05, 0.1) is 12.7 Å². The Bertz CT molecular complexity index is 445. The van der Waals surface area contributed by atoms with E-state index in [0.717, 1.165) is 13.1 Å². The summed E-state index contributed by atoms with van der Waals surface area (Å²) in [6.45, 7) is 14.5. The number of carbonyl (C=O) groups is 1. The topological polar surface area (TPSA) is 72.3 Å². The molecule has 7 nitrogen and oxygen atoms in total. The zero-order valence-electron chi connectivity index (χ0n) is 14.6. The number of nitrogens with zero attached hydrogens (tertiary/aromatic N) is 4. The molecule has 0 aromatic carbocycles. The van der Waals surface area contributed by atoms with E-state index in [1.54, 1.807) is 15.8 Å². The average Bonchev–Trinajstić information content (AvgIpc) is 2.82. The van der Waals surface area contributed by atoms with Crippen molar-refractivity contribution in [2.24, 2.45) is 0 Å². The minimum Gasteiger partial charge on any atom is -0.444 e. The molecule has 1 heterocycles. The van der Waals surface area contributed by atoms with E-state index in [0.29, 0.717) is 13.1 Å². The quantitative estimate of drug-likeness (QED) is 0.812. The zero-order valence-corrected chi connectivity index (χ0v) is 14.6. The molecule has 0 bridgehead atoms. The molecule has 1 N–H and O–H groups in total. The van der Waals surface area contributed by atoms with E-state index >= 15 is 0 Å². The summed E-state index contributed by atoms with van der Waals surface area (Å²) in [6, 6.07) is 0. The van der Waals surface area contributed by atoms with Gasteiger partial charge in [-0.2, -0.15) is 0 Å². The molecule has 1 aromatic rings. The fourth-order valence-electron chi connectivity index (χ4n) is 1.88. The van der Waals surface area contributed by atoms with Crippen molar-refractivity contribution < 1.29 is 9.53 Å². The summed E-state index contributed by atoms with van der Waals surface area (Å²) in [5.74, 6) is 0. The van der Waals surface area contributed by atoms with Crippen molar-refractivity contribution in [1.82, 2.24) is 25.2 Å². The molecule has 0 aliphatic rings. The molecule has 0 unspecified atom stereocenters. The van der Waals surface area contributed by atoms with Gasteiger partial charge in [-0.3, -0.25) is 4.68 Å². The molecule has 0 saturated carbocycles. The lowest BCUT2D eigenvalue weighted by Gasteiger charge is -2.36. The van der Waals surface area contributed by atoms with Crippen molar-refractivity contribution in [2.45, 2.75) is 59.2 Å². The summed E-state index contributed by atoms with van der Waals surface area (Å²) in [7, 11) is 0. The third-order valence-corrected chi connectivity index (χ3v) is 2.93. The Hall–Kier alpha value is -1.63. The van der Waals surface area contributed by atoms with Crippen molar-refractivity contribution in [1.29, 1.82) is 0 Å². The molecule has 0 fully saturated rings. The Morgan fingerprint density at radius 2 is 1.91 bits per heavy atom. The minimum absolute atomic E-state index is 0.280. The van der Waals surface area contributed by atoms with E-state index in [1.807, 2.05) is 47.7 Å². The highest BCUT2D eigenvalue weighted by atomic mass is 16.6. The fraction of sp³-hybridized carbons (Fsp3) is 0.800. The van der Waals surface area contributed by atoms with Crippen LogP contribution in [0.4, 0.5) is 4.79 Å². The zero-order chi connectivity index (χ0) is 16.8. The van der Waals surface area contributed by atoms with E-state index in [2.05, 4.69) is 15.6 Å². The van der Waals surface area contributed by atoms with Crippen molar-refractivity contribution in [3.05, 3.63) is 12.4 Å². The van der Waals surface area contributed by atoms with Crippen LogP contribution in [0.5, 0.6) is 0 Å². The predicted octanol–water partition coefficient (Wildman–Crippen LogP) is 1.90. The second-order valence-electron chi connectivity index (χ2n) is 7.22. The Labute approximate surface area is 133 Å². The number of hydrogen-bond acceptors (Lipinski definition) is 5. The van der Waals surface area contributed by atoms with Crippen LogP contribution in [0.25, 0.3) is 0 Å².